The number of hydrogen-bond acceptors (Lipinski definition) is 4. The summed E-state index contributed by atoms with van der Waals surface area (Å²) in [6.07, 6.45) is 8.06. The van der Waals surface area contributed by atoms with Crippen LogP contribution in [0.1, 0.15) is 38.5 Å². The molecule has 1 aliphatic heterocycles. The van der Waals surface area contributed by atoms with E-state index in [1.807, 2.05) is 12.1 Å². The maximum Gasteiger partial charge on any atom is 0.148 e. The summed E-state index contributed by atoms with van der Waals surface area (Å²) in [5, 5.41) is 12.6. The minimum absolute atomic E-state index is 0.326. The van der Waals surface area contributed by atoms with Crippen molar-refractivity contribution in [3.05, 3.63) is 41.2 Å². The molecule has 2 aliphatic carbocycles. The summed E-state index contributed by atoms with van der Waals surface area (Å²) < 4.78 is 13.5. The highest BCUT2D eigenvalue weighted by Gasteiger charge is 2.43. The lowest BCUT2D eigenvalue weighted by Gasteiger charge is -2.25. The lowest BCUT2D eigenvalue weighted by atomic mass is 10.0. The Bertz CT molecular complexity index is 823. The van der Waals surface area contributed by atoms with Crippen molar-refractivity contribution in [1.82, 2.24) is 15.1 Å². The average Bonchev–Trinajstić information content (AvgIpc) is 3.40. The summed E-state index contributed by atoms with van der Waals surface area (Å²) in [4.78, 5) is 2.76. The summed E-state index contributed by atoms with van der Waals surface area (Å²) in [6.45, 7) is 2.55. The summed E-state index contributed by atoms with van der Waals surface area (Å²) in [5.74, 6) is 2.09. The van der Waals surface area contributed by atoms with Gasteiger partial charge < -0.3 is 5.32 Å². The van der Waals surface area contributed by atoms with Gasteiger partial charge in [0.1, 0.15) is 11.6 Å². The Morgan fingerprint density at radius 3 is 2.43 bits per heavy atom. The Balaban J connectivity index is 1.19. The van der Waals surface area contributed by atoms with Crippen LogP contribution in [0, 0.1) is 17.7 Å². The first-order valence-corrected chi connectivity index (χ1v) is 10.8. The molecule has 2 atom stereocenters. The van der Waals surface area contributed by atoms with Gasteiger partial charge in [0, 0.05) is 30.7 Å². The number of aromatic nitrogens is 2. The number of nitrogens with zero attached hydrogens (tertiary/aromatic N) is 3. The molecule has 2 unspecified atom stereocenters. The van der Waals surface area contributed by atoms with E-state index in [-0.39, 0.29) is 5.82 Å². The van der Waals surface area contributed by atoms with E-state index < -0.39 is 0 Å². The van der Waals surface area contributed by atoms with Crippen LogP contribution in [0.2, 0.25) is 5.02 Å². The van der Waals surface area contributed by atoms with E-state index in [0.717, 1.165) is 23.7 Å². The molecule has 2 saturated carbocycles. The van der Waals surface area contributed by atoms with Crippen molar-refractivity contribution in [3.63, 3.8) is 0 Å². The third-order valence-corrected chi connectivity index (χ3v) is 7.17. The van der Waals surface area contributed by atoms with Crippen LogP contribution in [0.15, 0.2) is 30.3 Å². The molecule has 1 saturated heterocycles. The maximum atomic E-state index is 13.5. The third kappa shape index (κ3) is 3.62. The van der Waals surface area contributed by atoms with Crippen LogP contribution in [-0.2, 0) is 0 Å². The van der Waals surface area contributed by atoms with E-state index in [9.17, 15) is 4.39 Å². The van der Waals surface area contributed by atoms with Gasteiger partial charge in [-0.15, -0.1) is 10.2 Å². The van der Waals surface area contributed by atoms with Crippen LogP contribution in [0.4, 0.5) is 10.2 Å². The molecule has 2 heterocycles. The normalized spacial score (nSPS) is 28.0. The Labute approximate surface area is 170 Å². The van der Waals surface area contributed by atoms with Crippen molar-refractivity contribution in [1.29, 1.82) is 0 Å². The SMILES string of the molecule is Fc1ccc(Cl)c(-c2ccc(NC3CC4CN(C5CCCC5)CC4C3)nn2)c1. The fourth-order valence-electron chi connectivity index (χ4n) is 5.48. The van der Waals surface area contributed by atoms with Crippen molar-refractivity contribution in [2.75, 3.05) is 18.4 Å². The quantitative estimate of drug-likeness (QED) is 0.783. The van der Waals surface area contributed by atoms with Gasteiger partial charge in [-0.3, -0.25) is 4.90 Å². The molecule has 1 aromatic heterocycles. The van der Waals surface area contributed by atoms with E-state index in [4.69, 9.17) is 11.6 Å². The molecule has 1 N–H and O–H groups in total. The van der Waals surface area contributed by atoms with E-state index in [0.29, 0.717) is 22.3 Å². The minimum Gasteiger partial charge on any atom is -0.366 e. The average molecular weight is 401 g/mol. The number of anilines is 1. The number of likely N-dealkylation sites (tertiary alicyclic amines) is 1. The second-order valence-corrected chi connectivity index (χ2v) is 9.06. The number of hydrogen-bond donors (Lipinski definition) is 1. The van der Waals surface area contributed by atoms with Gasteiger partial charge in [0.15, 0.2) is 0 Å². The van der Waals surface area contributed by atoms with Gasteiger partial charge in [0.05, 0.1) is 10.7 Å². The molecule has 28 heavy (non-hydrogen) atoms. The number of fused-ring (bicyclic) bond motifs is 1. The predicted molar refractivity (Wildman–Crippen MR) is 110 cm³/mol. The predicted octanol–water partition coefficient (Wildman–Crippen LogP) is 5.00. The Morgan fingerprint density at radius 2 is 1.75 bits per heavy atom. The Morgan fingerprint density at radius 1 is 1.00 bits per heavy atom. The van der Waals surface area contributed by atoms with Crippen molar-refractivity contribution < 1.29 is 4.39 Å². The summed E-state index contributed by atoms with van der Waals surface area (Å²) in [5.41, 5.74) is 1.16. The molecule has 4 nitrogen and oxygen atoms in total. The van der Waals surface area contributed by atoms with Crippen LogP contribution in [0.25, 0.3) is 11.3 Å². The lowest BCUT2D eigenvalue weighted by Crippen LogP contribution is -2.33. The largest absolute Gasteiger partial charge is 0.366 e. The zero-order valence-corrected chi connectivity index (χ0v) is 16.7. The first kappa shape index (κ1) is 18.3. The smallest absolute Gasteiger partial charge is 0.148 e. The molecular weight excluding hydrogens is 375 g/mol. The van der Waals surface area contributed by atoms with E-state index in [1.165, 1.54) is 63.7 Å². The standard InChI is InChI=1S/C22H26ClFN4/c23-20-6-5-16(24)11-19(20)21-7-8-22(27-26-21)25-17-9-14-12-28(13-15(14)10-17)18-3-1-2-4-18/h5-8,11,14-15,17-18H,1-4,9-10,12-13H2,(H,25,27). The van der Waals surface area contributed by atoms with Gasteiger partial charge in [-0.1, -0.05) is 24.4 Å². The Hall–Kier alpha value is -1.72. The molecule has 3 aliphatic rings. The summed E-state index contributed by atoms with van der Waals surface area (Å²) in [7, 11) is 0. The highest BCUT2D eigenvalue weighted by atomic mass is 35.5. The van der Waals surface area contributed by atoms with Gasteiger partial charge in [0.25, 0.3) is 0 Å². The van der Waals surface area contributed by atoms with Gasteiger partial charge in [0.2, 0.25) is 0 Å². The second kappa shape index (κ2) is 7.60. The maximum absolute atomic E-state index is 13.5. The highest BCUT2D eigenvalue weighted by Crippen LogP contribution is 2.41. The van der Waals surface area contributed by atoms with Crippen LogP contribution in [-0.4, -0.2) is 40.3 Å². The molecule has 1 aromatic carbocycles. The molecule has 3 fully saturated rings. The van der Waals surface area contributed by atoms with Gasteiger partial charge in [-0.25, -0.2) is 4.39 Å². The van der Waals surface area contributed by atoms with Crippen LogP contribution < -0.4 is 5.32 Å². The number of halogens is 2. The molecule has 2 aromatic rings. The molecule has 0 amide bonds. The van der Waals surface area contributed by atoms with E-state index in [1.54, 1.807) is 6.07 Å². The zero-order chi connectivity index (χ0) is 19.1. The van der Waals surface area contributed by atoms with Gasteiger partial charge in [-0.05, 0) is 67.9 Å². The first-order valence-electron chi connectivity index (χ1n) is 10.5. The number of nitrogens with one attached hydrogen (secondary N) is 1. The monoisotopic (exact) mass is 400 g/mol. The minimum atomic E-state index is -0.326. The fourth-order valence-corrected chi connectivity index (χ4v) is 5.69. The molecular formula is C22H26ClFN4. The highest BCUT2D eigenvalue weighted by molar-refractivity contribution is 6.33. The zero-order valence-electron chi connectivity index (χ0n) is 16.0. The Kier molecular flexibility index (Phi) is 4.97. The third-order valence-electron chi connectivity index (χ3n) is 6.84. The van der Waals surface area contributed by atoms with Crippen LogP contribution in [0.3, 0.4) is 0 Å². The van der Waals surface area contributed by atoms with Crippen LogP contribution in [0.5, 0.6) is 0 Å². The summed E-state index contributed by atoms with van der Waals surface area (Å²) in [6, 6.07) is 9.39. The molecule has 0 bridgehead atoms. The van der Waals surface area contributed by atoms with Gasteiger partial charge >= 0.3 is 0 Å². The van der Waals surface area contributed by atoms with E-state index in [2.05, 4.69) is 20.4 Å². The topological polar surface area (TPSA) is 41.0 Å². The molecule has 6 heteroatoms. The van der Waals surface area contributed by atoms with Crippen molar-refractivity contribution in [2.24, 2.45) is 11.8 Å². The van der Waals surface area contributed by atoms with Crippen molar-refractivity contribution >= 4 is 17.4 Å². The molecule has 0 spiro atoms. The lowest BCUT2D eigenvalue weighted by molar-refractivity contribution is 0.226. The number of rotatable bonds is 4. The molecule has 148 valence electrons. The van der Waals surface area contributed by atoms with E-state index >= 15 is 0 Å². The van der Waals surface area contributed by atoms with Crippen molar-refractivity contribution in [3.8, 4) is 11.3 Å². The van der Waals surface area contributed by atoms with Gasteiger partial charge in [-0.2, -0.15) is 0 Å². The number of benzene rings is 1. The van der Waals surface area contributed by atoms with Crippen molar-refractivity contribution in [2.45, 2.75) is 50.6 Å². The first-order chi connectivity index (χ1) is 13.7. The van der Waals surface area contributed by atoms with Crippen LogP contribution >= 0.6 is 11.6 Å². The molecule has 5 rings (SSSR count). The molecule has 0 radical (unpaired) electrons. The second-order valence-electron chi connectivity index (χ2n) is 8.65. The fraction of sp³-hybridized carbons (Fsp3) is 0.545. The summed E-state index contributed by atoms with van der Waals surface area (Å²) >= 11 is 6.17.